The third-order valence-corrected chi connectivity index (χ3v) is 4.24. The summed E-state index contributed by atoms with van der Waals surface area (Å²) < 4.78 is 0. The number of aliphatic hydroxyl groups is 1. The van der Waals surface area contributed by atoms with Crippen molar-refractivity contribution in [1.29, 1.82) is 0 Å². The van der Waals surface area contributed by atoms with E-state index in [1.807, 2.05) is 14.0 Å². The van der Waals surface area contributed by atoms with Gasteiger partial charge in [0, 0.05) is 12.7 Å². The number of anilines is 2. The Morgan fingerprint density at radius 1 is 1.28 bits per heavy atom. The van der Waals surface area contributed by atoms with E-state index in [9.17, 15) is 5.11 Å². The first-order chi connectivity index (χ1) is 8.52. The predicted molar refractivity (Wildman–Crippen MR) is 76.8 cm³/mol. The number of hydrogen-bond donors (Lipinski definition) is 1. The summed E-state index contributed by atoms with van der Waals surface area (Å²) in [6, 6.07) is 6.38. The van der Waals surface area contributed by atoms with Gasteiger partial charge in [0.25, 0.3) is 0 Å². The Bertz CT molecular complexity index is 563. The molecule has 0 amide bonds. The van der Waals surface area contributed by atoms with Crippen LogP contribution in [-0.2, 0) is 6.61 Å². The molecule has 0 atom stereocenters. The summed E-state index contributed by atoms with van der Waals surface area (Å²) in [5, 5.41) is 10.1. The molecule has 1 aromatic carbocycles. The van der Waals surface area contributed by atoms with Crippen LogP contribution in [0.3, 0.4) is 0 Å². The van der Waals surface area contributed by atoms with Crippen molar-refractivity contribution < 1.29 is 5.11 Å². The van der Waals surface area contributed by atoms with Gasteiger partial charge < -0.3 is 10.0 Å². The van der Waals surface area contributed by atoms with Gasteiger partial charge in [-0.05, 0) is 32.4 Å². The standard InChI is InChI=1S/C14H18N2OS/c1-9-5-6-12(10(2)7-9)16(4)14-15-11(3)13(8-17)18-14/h5-7,17H,8H2,1-4H3. The number of rotatable bonds is 3. The number of nitrogens with zero attached hydrogens (tertiary/aromatic N) is 2. The molecule has 0 aliphatic rings. The van der Waals surface area contributed by atoms with Crippen molar-refractivity contribution in [3.8, 4) is 0 Å². The lowest BCUT2D eigenvalue weighted by Crippen LogP contribution is -2.10. The molecule has 0 fully saturated rings. The Balaban J connectivity index is 2.37. The van der Waals surface area contributed by atoms with Crippen molar-refractivity contribution in [3.63, 3.8) is 0 Å². The second-order valence-electron chi connectivity index (χ2n) is 4.51. The zero-order chi connectivity index (χ0) is 13.3. The molecule has 0 saturated carbocycles. The van der Waals surface area contributed by atoms with Gasteiger partial charge in [0.2, 0.25) is 0 Å². The Morgan fingerprint density at radius 3 is 2.56 bits per heavy atom. The van der Waals surface area contributed by atoms with Crippen LogP contribution in [0.15, 0.2) is 18.2 Å². The Morgan fingerprint density at radius 2 is 2.00 bits per heavy atom. The Hall–Kier alpha value is -1.39. The lowest BCUT2D eigenvalue weighted by molar-refractivity contribution is 0.284. The maximum absolute atomic E-state index is 9.23. The topological polar surface area (TPSA) is 36.4 Å². The molecule has 2 aromatic rings. The molecule has 0 radical (unpaired) electrons. The van der Waals surface area contributed by atoms with Crippen molar-refractivity contribution >= 4 is 22.2 Å². The van der Waals surface area contributed by atoms with E-state index in [0.717, 1.165) is 21.4 Å². The van der Waals surface area contributed by atoms with Crippen molar-refractivity contribution in [3.05, 3.63) is 39.9 Å². The molecule has 0 spiro atoms. The van der Waals surface area contributed by atoms with Crippen LogP contribution in [0.25, 0.3) is 0 Å². The van der Waals surface area contributed by atoms with Crippen LogP contribution in [0, 0.1) is 20.8 Å². The normalized spacial score (nSPS) is 10.7. The minimum absolute atomic E-state index is 0.0597. The number of benzene rings is 1. The summed E-state index contributed by atoms with van der Waals surface area (Å²) in [6.07, 6.45) is 0. The molecule has 0 aliphatic carbocycles. The maximum Gasteiger partial charge on any atom is 0.190 e. The molecule has 2 rings (SSSR count). The number of thiazole rings is 1. The lowest BCUT2D eigenvalue weighted by atomic mass is 10.1. The summed E-state index contributed by atoms with van der Waals surface area (Å²) in [7, 11) is 2.01. The first-order valence-corrected chi connectivity index (χ1v) is 6.72. The van der Waals surface area contributed by atoms with Crippen LogP contribution in [-0.4, -0.2) is 17.1 Å². The van der Waals surface area contributed by atoms with E-state index in [4.69, 9.17) is 0 Å². The van der Waals surface area contributed by atoms with E-state index < -0.39 is 0 Å². The molecule has 0 unspecified atom stereocenters. The molecule has 0 saturated heterocycles. The summed E-state index contributed by atoms with van der Waals surface area (Å²) in [5.41, 5.74) is 4.56. The van der Waals surface area contributed by atoms with Gasteiger partial charge in [-0.3, -0.25) is 0 Å². The first kappa shape index (κ1) is 13.1. The fourth-order valence-corrected chi connectivity index (χ4v) is 2.88. The zero-order valence-electron chi connectivity index (χ0n) is 11.2. The molecular weight excluding hydrogens is 244 g/mol. The van der Waals surface area contributed by atoms with Crippen LogP contribution < -0.4 is 4.90 Å². The molecular formula is C14H18N2OS. The highest BCUT2D eigenvalue weighted by Gasteiger charge is 2.13. The zero-order valence-corrected chi connectivity index (χ0v) is 12.0. The molecule has 96 valence electrons. The number of aromatic nitrogens is 1. The third-order valence-electron chi connectivity index (χ3n) is 3.03. The number of hydrogen-bond acceptors (Lipinski definition) is 4. The fourth-order valence-electron chi connectivity index (χ4n) is 1.99. The van der Waals surface area contributed by atoms with Gasteiger partial charge >= 0.3 is 0 Å². The van der Waals surface area contributed by atoms with Crippen molar-refractivity contribution in [2.75, 3.05) is 11.9 Å². The van der Waals surface area contributed by atoms with E-state index in [-0.39, 0.29) is 6.61 Å². The molecule has 18 heavy (non-hydrogen) atoms. The van der Waals surface area contributed by atoms with Gasteiger partial charge in [-0.2, -0.15) is 0 Å². The van der Waals surface area contributed by atoms with Gasteiger partial charge in [-0.15, -0.1) is 0 Å². The number of aliphatic hydroxyl groups excluding tert-OH is 1. The van der Waals surface area contributed by atoms with Gasteiger partial charge in [0.1, 0.15) is 0 Å². The van der Waals surface area contributed by atoms with Crippen LogP contribution in [0.2, 0.25) is 0 Å². The predicted octanol–water partition coefficient (Wildman–Crippen LogP) is 3.33. The summed E-state index contributed by atoms with van der Waals surface area (Å²) in [4.78, 5) is 7.51. The van der Waals surface area contributed by atoms with E-state index in [1.165, 1.54) is 11.1 Å². The average Bonchev–Trinajstić information content (AvgIpc) is 2.70. The van der Waals surface area contributed by atoms with E-state index in [1.54, 1.807) is 11.3 Å². The largest absolute Gasteiger partial charge is 0.391 e. The van der Waals surface area contributed by atoms with Gasteiger partial charge in [-0.1, -0.05) is 29.0 Å². The molecule has 1 aromatic heterocycles. The van der Waals surface area contributed by atoms with E-state index >= 15 is 0 Å². The molecule has 4 heteroatoms. The van der Waals surface area contributed by atoms with Gasteiger partial charge in [0.15, 0.2) is 5.13 Å². The highest BCUT2D eigenvalue weighted by molar-refractivity contribution is 7.15. The van der Waals surface area contributed by atoms with Crippen molar-refractivity contribution in [1.82, 2.24) is 4.98 Å². The van der Waals surface area contributed by atoms with Crippen LogP contribution in [0.4, 0.5) is 10.8 Å². The molecule has 0 bridgehead atoms. The average molecular weight is 262 g/mol. The van der Waals surface area contributed by atoms with E-state index in [0.29, 0.717) is 0 Å². The summed E-state index contributed by atoms with van der Waals surface area (Å²) in [6.45, 7) is 6.19. The molecule has 1 N–H and O–H groups in total. The highest BCUT2D eigenvalue weighted by atomic mass is 32.1. The first-order valence-electron chi connectivity index (χ1n) is 5.91. The summed E-state index contributed by atoms with van der Waals surface area (Å²) >= 11 is 1.54. The Kier molecular flexibility index (Phi) is 3.68. The van der Waals surface area contributed by atoms with Crippen molar-refractivity contribution in [2.45, 2.75) is 27.4 Å². The monoisotopic (exact) mass is 262 g/mol. The minimum atomic E-state index is 0.0597. The second-order valence-corrected chi connectivity index (χ2v) is 5.57. The third kappa shape index (κ3) is 2.40. The molecule has 0 aliphatic heterocycles. The van der Waals surface area contributed by atoms with Crippen molar-refractivity contribution in [2.24, 2.45) is 0 Å². The fraction of sp³-hybridized carbons (Fsp3) is 0.357. The molecule has 3 nitrogen and oxygen atoms in total. The highest BCUT2D eigenvalue weighted by Crippen LogP contribution is 2.32. The maximum atomic E-state index is 9.23. The van der Waals surface area contributed by atoms with Crippen LogP contribution >= 0.6 is 11.3 Å². The quantitative estimate of drug-likeness (QED) is 0.921. The smallest absolute Gasteiger partial charge is 0.190 e. The van der Waals surface area contributed by atoms with Gasteiger partial charge in [0.05, 0.1) is 17.2 Å². The van der Waals surface area contributed by atoms with Gasteiger partial charge in [-0.25, -0.2) is 4.98 Å². The Labute approximate surface area is 112 Å². The summed E-state index contributed by atoms with van der Waals surface area (Å²) in [5.74, 6) is 0. The lowest BCUT2D eigenvalue weighted by Gasteiger charge is -2.18. The SMILES string of the molecule is Cc1ccc(N(C)c2nc(C)c(CO)s2)c(C)c1. The molecule has 1 heterocycles. The van der Waals surface area contributed by atoms with Crippen LogP contribution in [0.1, 0.15) is 21.7 Å². The van der Waals surface area contributed by atoms with Crippen LogP contribution in [0.5, 0.6) is 0 Å². The van der Waals surface area contributed by atoms with E-state index in [2.05, 4.69) is 41.9 Å². The second kappa shape index (κ2) is 5.08. The number of aryl methyl sites for hydroxylation is 3. The minimum Gasteiger partial charge on any atom is -0.391 e.